The van der Waals surface area contributed by atoms with Crippen LogP contribution in [-0.4, -0.2) is 20.0 Å². The molecule has 0 saturated heterocycles. The maximum atomic E-state index is 13.6. The molecular formula is C30H44BrN3O2. The molecule has 2 aromatic carbocycles. The molecule has 0 unspecified atom stereocenters. The third-order valence-electron chi connectivity index (χ3n) is 6.81. The first kappa shape index (κ1) is 29.9. The summed E-state index contributed by atoms with van der Waals surface area (Å²) in [6, 6.07) is 11.7. The van der Waals surface area contributed by atoms with Crippen molar-refractivity contribution < 1.29 is 9.90 Å². The summed E-state index contributed by atoms with van der Waals surface area (Å²) < 4.78 is 3.86. The first-order valence-corrected chi connectivity index (χ1v) is 13.0. The molecule has 0 amide bonds. The summed E-state index contributed by atoms with van der Waals surface area (Å²) in [5.74, 6) is 0.223. The Labute approximate surface area is 226 Å². The van der Waals surface area contributed by atoms with Crippen molar-refractivity contribution in [2.75, 3.05) is 0 Å². The summed E-state index contributed by atoms with van der Waals surface area (Å²) in [6.07, 6.45) is 5.85. The number of ketones is 1. The molecule has 1 aromatic heterocycles. The van der Waals surface area contributed by atoms with E-state index in [0.717, 1.165) is 41.5 Å². The number of hydrogen-bond donors (Lipinski definition) is 2. The van der Waals surface area contributed by atoms with Crippen molar-refractivity contribution in [2.24, 2.45) is 0 Å². The van der Waals surface area contributed by atoms with Crippen molar-refractivity contribution in [3.8, 4) is 5.75 Å². The summed E-state index contributed by atoms with van der Waals surface area (Å²) in [7, 11) is 0. The van der Waals surface area contributed by atoms with Crippen LogP contribution in [-0.2, 0) is 23.9 Å². The van der Waals surface area contributed by atoms with Gasteiger partial charge < -0.3 is 14.2 Å². The van der Waals surface area contributed by atoms with E-state index in [4.69, 9.17) is 5.41 Å². The average Bonchev–Trinajstić information content (AvgIpc) is 3.03. The number of carbonyl (C=O) groups excluding carboxylic acids is 1. The lowest BCUT2D eigenvalue weighted by Gasteiger charge is -2.28. The SMILES string of the molecule is Br.CCCCCCCn1c(=N)n(CC(=O)c2cc(C(C)(C)C)c(O)c(C(C)(C)C)c2)c2ccccc21. The molecule has 6 heteroatoms. The minimum absolute atomic E-state index is 0. The van der Waals surface area contributed by atoms with Gasteiger partial charge in [0, 0.05) is 23.2 Å². The molecule has 3 rings (SSSR count). The van der Waals surface area contributed by atoms with E-state index in [-0.39, 0.29) is 45.9 Å². The fourth-order valence-corrected chi connectivity index (χ4v) is 4.73. The first-order valence-electron chi connectivity index (χ1n) is 13.0. The number of Topliss-reactive ketones (excluding diaryl/α,β-unsaturated/α-hetero) is 1. The Morgan fingerprint density at radius 1 is 0.861 bits per heavy atom. The molecule has 0 fully saturated rings. The molecular weight excluding hydrogens is 514 g/mol. The highest BCUT2D eigenvalue weighted by Crippen LogP contribution is 2.40. The third-order valence-corrected chi connectivity index (χ3v) is 6.81. The maximum absolute atomic E-state index is 13.6. The number of nitrogens with one attached hydrogen (secondary N) is 1. The number of benzene rings is 2. The molecule has 0 aliphatic heterocycles. The highest BCUT2D eigenvalue weighted by atomic mass is 79.9. The van der Waals surface area contributed by atoms with E-state index in [1.165, 1.54) is 19.3 Å². The molecule has 0 spiro atoms. The van der Waals surface area contributed by atoms with Crippen LogP contribution in [0.5, 0.6) is 5.75 Å². The third kappa shape index (κ3) is 6.50. The van der Waals surface area contributed by atoms with Crippen molar-refractivity contribution in [2.45, 2.75) is 104 Å². The predicted octanol–water partition coefficient (Wildman–Crippen LogP) is 7.65. The zero-order valence-electron chi connectivity index (χ0n) is 23.1. The number of hydrogen-bond acceptors (Lipinski definition) is 3. The molecule has 0 radical (unpaired) electrons. The lowest BCUT2D eigenvalue weighted by atomic mass is 9.78. The van der Waals surface area contributed by atoms with Gasteiger partial charge in [0.1, 0.15) is 5.75 Å². The van der Waals surface area contributed by atoms with Gasteiger partial charge in [-0.2, -0.15) is 0 Å². The quantitative estimate of drug-likeness (QED) is 0.209. The normalized spacial score (nSPS) is 12.1. The predicted molar refractivity (Wildman–Crippen MR) is 155 cm³/mol. The van der Waals surface area contributed by atoms with Gasteiger partial charge in [-0.05, 0) is 41.5 Å². The lowest BCUT2D eigenvalue weighted by molar-refractivity contribution is 0.0971. The van der Waals surface area contributed by atoms with Crippen molar-refractivity contribution in [1.82, 2.24) is 9.13 Å². The van der Waals surface area contributed by atoms with Gasteiger partial charge in [0.15, 0.2) is 5.78 Å². The number of fused-ring (bicyclic) bond motifs is 1. The number of nitrogens with zero attached hydrogens (tertiary/aromatic N) is 2. The van der Waals surface area contributed by atoms with Crippen LogP contribution < -0.4 is 5.62 Å². The van der Waals surface area contributed by atoms with E-state index in [9.17, 15) is 9.90 Å². The number of phenolic OH excluding ortho intramolecular Hbond substituents is 1. The van der Waals surface area contributed by atoms with Crippen molar-refractivity contribution in [3.63, 3.8) is 0 Å². The Kier molecular flexibility index (Phi) is 9.80. The van der Waals surface area contributed by atoms with Crippen LogP contribution >= 0.6 is 17.0 Å². The average molecular weight is 559 g/mol. The molecule has 0 aliphatic rings. The second-order valence-electron chi connectivity index (χ2n) is 11.8. The highest BCUT2D eigenvalue weighted by Gasteiger charge is 2.28. The van der Waals surface area contributed by atoms with Crippen LogP contribution in [0.15, 0.2) is 36.4 Å². The van der Waals surface area contributed by atoms with Crippen LogP contribution in [0.3, 0.4) is 0 Å². The second kappa shape index (κ2) is 11.8. The molecule has 5 nitrogen and oxygen atoms in total. The van der Waals surface area contributed by atoms with Crippen molar-refractivity contribution in [3.05, 3.63) is 58.7 Å². The summed E-state index contributed by atoms with van der Waals surface area (Å²) in [6.45, 7) is 15.4. The fourth-order valence-electron chi connectivity index (χ4n) is 4.73. The maximum Gasteiger partial charge on any atom is 0.203 e. The minimum atomic E-state index is -0.304. The molecule has 0 bridgehead atoms. The molecule has 0 saturated carbocycles. The molecule has 2 N–H and O–H groups in total. The van der Waals surface area contributed by atoms with Gasteiger partial charge in [0.05, 0.1) is 17.6 Å². The van der Waals surface area contributed by atoms with Gasteiger partial charge in [0.25, 0.3) is 0 Å². The number of para-hydroxylation sites is 2. The first-order chi connectivity index (χ1) is 16.4. The Morgan fingerprint density at radius 2 is 1.36 bits per heavy atom. The van der Waals surface area contributed by atoms with Crippen LogP contribution in [0.4, 0.5) is 0 Å². The number of imidazole rings is 1. The zero-order valence-corrected chi connectivity index (χ0v) is 24.8. The molecule has 1 heterocycles. The summed E-state index contributed by atoms with van der Waals surface area (Å²) in [5.41, 5.74) is 3.80. The van der Waals surface area contributed by atoms with Crippen LogP contribution in [0.1, 0.15) is 102 Å². The van der Waals surface area contributed by atoms with E-state index in [1.54, 1.807) is 0 Å². The molecule has 0 aliphatic carbocycles. The Morgan fingerprint density at radius 3 is 1.86 bits per heavy atom. The molecule has 198 valence electrons. The van der Waals surface area contributed by atoms with Crippen LogP contribution in [0, 0.1) is 5.41 Å². The van der Waals surface area contributed by atoms with Gasteiger partial charge in [0.2, 0.25) is 5.62 Å². The Hall–Kier alpha value is -2.34. The van der Waals surface area contributed by atoms with E-state index in [1.807, 2.05) is 87.1 Å². The highest BCUT2D eigenvalue weighted by molar-refractivity contribution is 8.93. The van der Waals surface area contributed by atoms with Gasteiger partial charge >= 0.3 is 0 Å². The standard InChI is InChI=1S/C30H43N3O2.BrH/c1-8-9-10-11-14-17-32-24-15-12-13-16-25(24)33(28(32)31)20-26(34)21-18-22(29(2,3)4)27(35)23(19-21)30(5,6)7;/h12-13,15-16,18-19,31,35H,8-11,14,17,20H2,1-7H3;1H. The van der Waals surface area contributed by atoms with E-state index in [0.29, 0.717) is 11.2 Å². The van der Waals surface area contributed by atoms with Crippen LogP contribution in [0.2, 0.25) is 0 Å². The number of carbonyl (C=O) groups is 1. The smallest absolute Gasteiger partial charge is 0.203 e. The van der Waals surface area contributed by atoms with Gasteiger partial charge in [-0.1, -0.05) is 86.3 Å². The zero-order chi connectivity index (χ0) is 26.0. The monoisotopic (exact) mass is 557 g/mol. The van der Waals surface area contributed by atoms with E-state index in [2.05, 4.69) is 6.92 Å². The largest absolute Gasteiger partial charge is 0.507 e. The number of unbranched alkanes of at least 4 members (excludes halogenated alkanes) is 4. The number of rotatable bonds is 9. The number of aromatic hydroxyl groups is 1. The van der Waals surface area contributed by atoms with Crippen LogP contribution in [0.25, 0.3) is 11.0 Å². The Balaban J connectivity index is 0.00000456. The number of phenols is 1. The van der Waals surface area contributed by atoms with E-state index < -0.39 is 0 Å². The van der Waals surface area contributed by atoms with Crippen molar-refractivity contribution in [1.29, 1.82) is 5.41 Å². The number of halogens is 1. The summed E-state index contributed by atoms with van der Waals surface area (Å²) in [4.78, 5) is 13.6. The fraction of sp³-hybridized carbons (Fsp3) is 0.533. The van der Waals surface area contributed by atoms with Crippen molar-refractivity contribution >= 4 is 33.8 Å². The Bertz CT molecular complexity index is 1220. The van der Waals surface area contributed by atoms with Gasteiger partial charge in [-0.15, -0.1) is 17.0 Å². The second-order valence-corrected chi connectivity index (χ2v) is 11.8. The van der Waals surface area contributed by atoms with Gasteiger partial charge in [-0.25, -0.2) is 0 Å². The lowest BCUT2D eigenvalue weighted by Crippen LogP contribution is -2.28. The topological polar surface area (TPSA) is 71.0 Å². The van der Waals surface area contributed by atoms with Gasteiger partial charge in [-0.3, -0.25) is 10.2 Å². The summed E-state index contributed by atoms with van der Waals surface area (Å²) in [5, 5.41) is 19.9. The molecule has 0 atom stereocenters. The number of aryl methyl sites for hydroxylation is 1. The number of aromatic nitrogens is 2. The molecule has 36 heavy (non-hydrogen) atoms. The molecule has 3 aromatic rings. The summed E-state index contributed by atoms with van der Waals surface area (Å²) >= 11 is 0. The minimum Gasteiger partial charge on any atom is -0.507 e. The van der Waals surface area contributed by atoms with E-state index >= 15 is 0 Å².